The molecule has 2 N–H and O–H groups in total. The molecule has 32 heavy (non-hydrogen) atoms. The molecule has 0 spiro atoms. The summed E-state index contributed by atoms with van der Waals surface area (Å²) in [7, 11) is 0. The molecule has 0 bridgehead atoms. The molecule has 9 heteroatoms. The number of rotatable bonds is 3. The molecule has 0 unspecified atom stereocenters. The van der Waals surface area contributed by atoms with Crippen LogP contribution in [-0.2, 0) is 0 Å². The van der Waals surface area contributed by atoms with Gasteiger partial charge in [-0.05, 0) is 54.7 Å². The Kier molecular flexibility index (Phi) is 4.95. The lowest BCUT2D eigenvalue weighted by molar-refractivity contribution is 0.102. The van der Waals surface area contributed by atoms with Crippen molar-refractivity contribution in [3.05, 3.63) is 87.2 Å². The van der Waals surface area contributed by atoms with E-state index in [1.54, 1.807) is 24.3 Å². The number of hydrogen-bond acceptors (Lipinski definition) is 5. The van der Waals surface area contributed by atoms with E-state index in [1.807, 2.05) is 0 Å². The van der Waals surface area contributed by atoms with Crippen molar-refractivity contribution in [1.82, 2.24) is 9.55 Å². The summed E-state index contributed by atoms with van der Waals surface area (Å²) in [5.41, 5.74) is 0.729. The van der Waals surface area contributed by atoms with Crippen LogP contribution in [-0.4, -0.2) is 28.7 Å². The molecule has 0 fully saturated rings. The number of hydrogen-bond donors (Lipinski definition) is 2. The van der Waals surface area contributed by atoms with Crippen LogP contribution in [0.2, 0.25) is 0 Å². The second kappa shape index (κ2) is 7.93. The Labute approximate surface area is 186 Å². The topological polar surface area (TPSA) is 85.3 Å². The third kappa shape index (κ3) is 3.42. The Bertz CT molecular complexity index is 1500. The number of nitrogens with one attached hydrogen (secondary N) is 2. The van der Waals surface area contributed by atoms with E-state index in [0.717, 1.165) is 4.57 Å². The second-order valence-corrected chi connectivity index (χ2v) is 7.45. The average molecular weight is 449 g/mol. The lowest BCUT2D eigenvalue weighted by Crippen LogP contribution is -2.22. The maximum Gasteiger partial charge on any atom is 0.266 e. The average Bonchev–Trinajstić information content (AvgIpc) is 2.80. The molecule has 1 aliphatic heterocycles. The van der Waals surface area contributed by atoms with Gasteiger partial charge in [0.1, 0.15) is 19.0 Å². The van der Waals surface area contributed by atoms with Crippen molar-refractivity contribution in [2.75, 3.05) is 18.5 Å². The van der Waals surface area contributed by atoms with Crippen LogP contribution in [0.3, 0.4) is 0 Å². The van der Waals surface area contributed by atoms with Crippen molar-refractivity contribution in [1.29, 1.82) is 0 Å². The zero-order valence-electron chi connectivity index (χ0n) is 16.6. The number of ether oxygens (including phenoxy) is 2. The van der Waals surface area contributed by atoms with Gasteiger partial charge in [-0.3, -0.25) is 9.59 Å². The predicted octanol–water partition coefficient (Wildman–Crippen LogP) is 4.21. The Balaban J connectivity index is 1.53. The lowest BCUT2D eigenvalue weighted by Gasteiger charge is -2.21. The fraction of sp³-hybridized carbons (Fsp3) is 0.0870. The maximum atomic E-state index is 14.2. The first-order chi connectivity index (χ1) is 15.5. The minimum absolute atomic E-state index is 0.0211. The third-order valence-corrected chi connectivity index (χ3v) is 5.35. The number of benzene rings is 3. The first kappa shape index (κ1) is 20.0. The molecule has 1 aliphatic rings. The van der Waals surface area contributed by atoms with Crippen LogP contribution in [0, 0.1) is 10.6 Å². The number of halogens is 1. The van der Waals surface area contributed by atoms with E-state index in [4.69, 9.17) is 21.7 Å². The van der Waals surface area contributed by atoms with Gasteiger partial charge in [-0.25, -0.2) is 8.96 Å². The monoisotopic (exact) mass is 449 g/mol. The highest BCUT2D eigenvalue weighted by atomic mass is 32.1. The molecular formula is C23H16FN3O4S. The number of carbonyl (C=O) groups excluding carboxylic acids is 1. The fourth-order valence-corrected chi connectivity index (χ4v) is 3.87. The lowest BCUT2D eigenvalue weighted by atomic mass is 10.1. The molecule has 0 atom stereocenters. The molecule has 1 amide bonds. The van der Waals surface area contributed by atoms with Crippen LogP contribution in [0.25, 0.3) is 16.6 Å². The van der Waals surface area contributed by atoms with Crippen molar-refractivity contribution in [2.45, 2.75) is 0 Å². The number of H-pyrrole nitrogens is 1. The number of nitrogens with zero attached hydrogens (tertiary/aromatic N) is 1. The zero-order chi connectivity index (χ0) is 22.2. The maximum absolute atomic E-state index is 14.2. The van der Waals surface area contributed by atoms with Crippen molar-refractivity contribution in [3.63, 3.8) is 0 Å². The molecule has 5 rings (SSSR count). The van der Waals surface area contributed by atoms with Gasteiger partial charge in [-0.1, -0.05) is 18.2 Å². The van der Waals surface area contributed by atoms with Crippen LogP contribution in [0.1, 0.15) is 10.4 Å². The number of amides is 1. The molecule has 160 valence electrons. The number of anilines is 1. The van der Waals surface area contributed by atoms with Crippen LogP contribution in [0.5, 0.6) is 11.5 Å². The summed E-state index contributed by atoms with van der Waals surface area (Å²) in [4.78, 5) is 28.8. The molecule has 0 radical (unpaired) electrons. The quantitative estimate of drug-likeness (QED) is 0.458. The van der Waals surface area contributed by atoms with E-state index in [0.29, 0.717) is 41.5 Å². The molecular weight excluding hydrogens is 433 g/mol. The Hall–Kier alpha value is -3.98. The van der Waals surface area contributed by atoms with Gasteiger partial charge >= 0.3 is 0 Å². The summed E-state index contributed by atoms with van der Waals surface area (Å²) >= 11 is 5.30. The molecule has 0 saturated carbocycles. The van der Waals surface area contributed by atoms with Crippen LogP contribution >= 0.6 is 12.2 Å². The van der Waals surface area contributed by atoms with E-state index >= 15 is 0 Å². The Morgan fingerprint density at radius 2 is 1.88 bits per heavy atom. The molecule has 0 saturated heterocycles. The summed E-state index contributed by atoms with van der Waals surface area (Å²) in [6.07, 6.45) is 0. The highest BCUT2D eigenvalue weighted by Crippen LogP contribution is 2.37. The minimum Gasteiger partial charge on any atom is -0.486 e. The van der Waals surface area contributed by atoms with Gasteiger partial charge in [-0.15, -0.1) is 0 Å². The fourth-order valence-electron chi connectivity index (χ4n) is 3.58. The number of fused-ring (bicyclic) bond motifs is 2. The van der Waals surface area contributed by atoms with Gasteiger partial charge in [0, 0.05) is 5.56 Å². The highest BCUT2D eigenvalue weighted by Gasteiger charge is 2.18. The molecule has 7 nitrogen and oxygen atoms in total. The summed E-state index contributed by atoms with van der Waals surface area (Å²) in [6, 6.07) is 15.7. The van der Waals surface area contributed by atoms with E-state index in [2.05, 4.69) is 10.3 Å². The smallest absolute Gasteiger partial charge is 0.266 e. The minimum atomic E-state index is -0.568. The normalized spacial score (nSPS) is 12.5. The molecule has 3 aromatic carbocycles. The molecule has 4 aromatic rings. The van der Waals surface area contributed by atoms with Crippen molar-refractivity contribution in [3.8, 4) is 17.2 Å². The summed E-state index contributed by atoms with van der Waals surface area (Å²) in [6.45, 7) is 0.833. The van der Waals surface area contributed by atoms with Crippen molar-refractivity contribution in [2.24, 2.45) is 0 Å². The standard InChI is InChI=1S/C23H16FN3O4S/c24-15-4-1-2-6-18(15)27-22(29)14-9-8-13(12-17(14)26-23(27)32)21(28)25-16-5-3-7-19-20(16)31-11-10-30-19/h1-9,12H,10-11H2,(H,25,28)(H,26,32). The van der Waals surface area contributed by atoms with E-state index in [-0.39, 0.29) is 15.8 Å². The van der Waals surface area contributed by atoms with Gasteiger partial charge in [-0.2, -0.15) is 0 Å². The van der Waals surface area contributed by atoms with Crippen molar-refractivity contribution < 1.29 is 18.7 Å². The van der Waals surface area contributed by atoms with E-state index < -0.39 is 17.3 Å². The van der Waals surface area contributed by atoms with Crippen molar-refractivity contribution >= 4 is 34.7 Å². The van der Waals surface area contributed by atoms with Crippen LogP contribution in [0.15, 0.2) is 65.5 Å². The van der Waals surface area contributed by atoms with E-state index in [9.17, 15) is 14.0 Å². The number of aromatic amines is 1. The predicted molar refractivity (Wildman–Crippen MR) is 120 cm³/mol. The van der Waals surface area contributed by atoms with Gasteiger partial charge in [0.25, 0.3) is 11.5 Å². The molecule has 0 aliphatic carbocycles. The van der Waals surface area contributed by atoms with Gasteiger partial charge in [0.15, 0.2) is 16.3 Å². The number of carbonyl (C=O) groups is 1. The first-order valence-electron chi connectivity index (χ1n) is 9.77. The summed E-state index contributed by atoms with van der Waals surface area (Å²) in [5.74, 6) is 0.0688. The SMILES string of the molecule is O=C(Nc1cccc2c1OCCO2)c1ccc2c(=O)n(-c3ccccc3F)c(=S)[nH]c2c1. The zero-order valence-corrected chi connectivity index (χ0v) is 17.4. The van der Waals surface area contributed by atoms with Crippen LogP contribution < -0.4 is 20.3 Å². The first-order valence-corrected chi connectivity index (χ1v) is 10.2. The van der Waals surface area contributed by atoms with Gasteiger partial charge < -0.3 is 19.8 Å². The molecule has 1 aromatic heterocycles. The Morgan fingerprint density at radius 1 is 1.06 bits per heavy atom. The van der Waals surface area contributed by atoms with Gasteiger partial charge in [0.05, 0.1) is 22.3 Å². The molecule has 2 heterocycles. The number of aromatic nitrogens is 2. The van der Waals surface area contributed by atoms with E-state index in [1.165, 1.54) is 36.4 Å². The van der Waals surface area contributed by atoms with Crippen LogP contribution in [0.4, 0.5) is 10.1 Å². The second-order valence-electron chi connectivity index (χ2n) is 7.07. The summed E-state index contributed by atoms with van der Waals surface area (Å²) < 4.78 is 26.5. The van der Waals surface area contributed by atoms with Gasteiger partial charge in [0.2, 0.25) is 0 Å². The Morgan fingerprint density at radius 3 is 2.72 bits per heavy atom. The highest BCUT2D eigenvalue weighted by molar-refractivity contribution is 7.71. The number of para-hydroxylation sites is 2. The largest absolute Gasteiger partial charge is 0.486 e. The summed E-state index contributed by atoms with van der Waals surface area (Å²) in [5, 5.41) is 3.08. The third-order valence-electron chi connectivity index (χ3n) is 5.07.